The number of nitrogen functional groups attached to an aromatic ring is 1. The zero-order valence-electron chi connectivity index (χ0n) is 10.9. The lowest BCUT2D eigenvalue weighted by atomic mass is 10.5. The molecule has 1 aliphatic rings. The molecule has 2 aromatic rings. The van der Waals surface area contributed by atoms with Crippen molar-refractivity contribution in [2.24, 2.45) is 5.92 Å². The molecule has 1 aliphatic carbocycles. The molecule has 1 saturated carbocycles. The van der Waals surface area contributed by atoms with Crippen molar-refractivity contribution in [3.8, 4) is 5.88 Å². The topological polar surface area (TPSA) is 88.1 Å². The monoisotopic (exact) mass is 263 g/mol. The van der Waals surface area contributed by atoms with Gasteiger partial charge < -0.3 is 15.2 Å². The van der Waals surface area contributed by atoms with Gasteiger partial charge in [-0.15, -0.1) is 0 Å². The number of methoxy groups -OCH3 is 1. The van der Waals surface area contributed by atoms with Crippen molar-refractivity contribution in [3.05, 3.63) is 6.33 Å². The summed E-state index contributed by atoms with van der Waals surface area (Å²) in [5, 5.41) is 0. The molecule has 0 bridgehead atoms. The second kappa shape index (κ2) is 5.00. The maximum absolute atomic E-state index is 5.90. The SMILES string of the molecule is COc1ncnc2c1nc(N)n2CCOCC1CC1. The highest BCUT2D eigenvalue weighted by Gasteiger charge is 2.21. The predicted octanol–water partition coefficient (Wildman–Crippen LogP) is 0.844. The van der Waals surface area contributed by atoms with Crippen LogP contribution in [0.5, 0.6) is 5.88 Å². The number of nitrogens with zero attached hydrogens (tertiary/aromatic N) is 4. The summed E-state index contributed by atoms with van der Waals surface area (Å²) in [6.45, 7) is 2.08. The van der Waals surface area contributed by atoms with Crippen molar-refractivity contribution in [3.63, 3.8) is 0 Å². The normalized spacial score (nSPS) is 15.0. The summed E-state index contributed by atoms with van der Waals surface area (Å²) in [4.78, 5) is 12.5. The standard InChI is InChI=1S/C12H17N5O2/c1-18-11-9-10(14-7-15-11)17(12(13)16-9)4-5-19-6-8-2-3-8/h7-8H,2-6H2,1H3,(H2,13,16). The van der Waals surface area contributed by atoms with Gasteiger partial charge in [-0.25, -0.2) is 9.97 Å². The van der Waals surface area contributed by atoms with Gasteiger partial charge in [0.2, 0.25) is 11.8 Å². The zero-order valence-corrected chi connectivity index (χ0v) is 10.9. The Morgan fingerprint density at radius 3 is 3.00 bits per heavy atom. The van der Waals surface area contributed by atoms with Crippen LogP contribution in [0.3, 0.4) is 0 Å². The van der Waals surface area contributed by atoms with Gasteiger partial charge in [-0.2, -0.15) is 4.98 Å². The Morgan fingerprint density at radius 1 is 1.42 bits per heavy atom. The third-order valence-electron chi connectivity index (χ3n) is 3.23. The number of imidazole rings is 1. The summed E-state index contributed by atoms with van der Waals surface area (Å²) in [6.07, 6.45) is 4.03. The molecule has 0 atom stereocenters. The quantitative estimate of drug-likeness (QED) is 0.777. The van der Waals surface area contributed by atoms with Gasteiger partial charge in [-0.1, -0.05) is 0 Å². The van der Waals surface area contributed by atoms with Gasteiger partial charge in [-0.05, 0) is 18.8 Å². The van der Waals surface area contributed by atoms with Crippen LogP contribution in [-0.2, 0) is 11.3 Å². The lowest BCUT2D eigenvalue weighted by molar-refractivity contribution is 0.118. The molecule has 0 spiro atoms. The Labute approximate surface area is 110 Å². The smallest absolute Gasteiger partial charge is 0.245 e. The number of fused-ring (bicyclic) bond motifs is 1. The molecule has 0 amide bonds. The Balaban J connectivity index is 1.75. The van der Waals surface area contributed by atoms with E-state index in [-0.39, 0.29) is 0 Å². The number of rotatable bonds is 6. The first-order valence-corrected chi connectivity index (χ1v) is 6.38. The summed E-state index contributed by atoms with van der Waals surface area (Å²) in [7, 11) is 1.55. The summed E-state index contributed by atoms with van der Waals surface area (Å²) < 4.78 is 12.6. The van der Waals surface area contributed by atoms with E-state index in [1.165, 1.54) is 19.2 Å². The van der Waals surface area contributed by atoms with E-state index in [2.05, 4.69) is 15.0 Å². The third-order valence-corrected chi connectivity index (χ3v) is 3.23. The average molecular weight is 263 g/mol. The van der Waals surface area contributed by atoms with Crippen LogP contribution in [-0.4, -0.2) is 39.8 Å². The summed E-state index contributed by atoms with van der Waals surface area (Å²) in [5.74, 6) is 1.61. The molecule has 7 heteroatoms. The van der Waals surface area contributed by atoms with Crippen molar-refractivity contribution in [2.75, 3.05) is 26.1 Å². The second-order valence-electron chi connectivity index (χ2n) is 4.70. The average Bonchev–Trinajstić information content (AvgIpc) is 3.18. The molecule has 0 unspecified atom stereocenters. The Hall–Kier alpha value is -1.89. The first kappa shape index (κ1) is 12.2. The highest BCUT2D eigenvalue weighted by Crippen LogP contribution is 2.28. The minimum Gasteiger partial charge on any atom is -0.479 e. The van der Waals surface area contributed by atoms with Crippen molar-refractivity contribution in [1.29, 1.82) is 0 Å². The molecule has 2 heterocycles. The van der Waals surface area contributed by atoms with E-state index in [1.807, 2.05) is 4.57 Å². The molecule has 7 nitrogen and oxygen atoms in total. The Bertz CT molecular complexity index is 579. The number of anilines is 1. The van der Waals surface area contributed by atoms with Crippen molar-refractivity contribution >= 4 is 17.1 Å². The predicted molar refractivity (Wildman–Crippen MR) is 69.8 cm³/mol. The molecule has 0 aliphatic heterocycles. The number of hydrogen-bond donors (Lipinski definition) is 1. The fourth-order valence-electron chi connectivity index (χ4n) is 1.99. The summed E-state index contributed by atoms with van der Waals surface area (Å²) in [5.41, 5.74) is 7.17. The molecular formula is C12H17N5O2. The van der Waals surface area contributed by atoms with Crippen LogP contribution in [0.2, 0.25) is 0 Å². The molecule has 0 aromatic carbocycles. The van der Waals surface area contributed by atoms with E-state index in [4.69, 9.17) is 15.2 Å². The van der Waals surface area contributed by atoms with Crippen LogP contribution >= 0.6 is 0 Å². The molecule has 0 radical (unpaired) electrons. The van der Waals surface area contributed by atoms with E-state index in [0.717, 1.165) is 12.5 Å². The molecule has 0 saturated heterocycles. The first-order valence-electron chi connectivity index (χ1n) is 6.38. The van der Waals surface area contributed by atoms with Gasteiger partial charge in [0.05, 0.1) is 20.3 Å². The van der Waals surface area contributed by atoms with Crippen LogP contribution in [0.1, 0.15) is 12.8 Å². The van der Waals surface area contributed by atoms with Crippen molar-refractivity contribution in [1.82, 2.24) is 19.5 Å². The van der Waals surface area contributed by atoms with E-state index in [0.29, 0.717) is 36.1 Å². The first-order chi connectivity index (χ1) is 9.29. The van der Waals surface area contributed by atoms with Gasteiger partial charge in [0.1, 0.15) is 6.33 Å². The van der Waals surface area contributed by atoms with E-state index >= 15 is 0 Å². The Kier molecular flexibility index (Phi) is 3.20. The molecule has 1 fully saturated rings. The lowest BCUT2D eigenvalue weighted by Gasteiger charge is -2.06. The highest BCUT2D eigenvalue weighted by atomic mass is 16.5. The van der Waals surface area contributed by atoms with Crippen LogP contribution in [0.15, 0.2) is 6.33 Å². The fourth-order valence-corrected chi connectivity index (χ4v) is 1.99. The molecule has 19 heavy (non-hydrogen) atoms. The second-order valence-corrected chi connectivity index (χ2v) is 4.70. The molecule has 3 rings (SSSR count). The minimum atomic E-state index is 0.406. The third kappa shape index (κ3) is 2.46. The van der Waals surface area contributed by atoms with Gasteiger partial charge in [0, 0.05) is 6.61 Å². The van der Waals surface area contributed by atoms with Crippen LogP contribution in [0.25, 0.3) is 11.2 Å². The number of aromatic nitrogens is 4. The van der Waals surface area contributed by atoms with Crippen molar-refractivity contribution in [2.45, 2.75) is 19.4 Å². The van der Waals surface area contributed by atoms with Gasteiger partial charge in [0.15, 0.2) is 11.2 Å². The van der Waals surface area contributed by atoms with Crippen LogP contribution < -0.4 is 10.5 Å². The molecular weight excluding hydrogens is 246 g/mol. The zero-order chi connectivity index (χ0) is 13.2. The molecule has 102 valence electrons. The fraction of sp³-hybridized carbons (Fsp3) is 0.583. The van der Waals surface area contributed by atoms with Gasteiger partial charge in [-0.3, -0.25) is 4.57 Å². The van der Waals surface area contributed by atoms with Crippen molar-refractivity contribution < 1.29 is 9.47 Å². The van der Waals surface area contributed by atoms with Gasteiger partial charge >= 0.3 is 0 Å². The maximum atomic E-state index is 5.90. The maximum Gasteiger partial charge on any atom is 0.245 e. The summed E-state index contributed by atoms with van der Waals surface area (Å²) in [6, 6.07) is 0. The van der Waals surface area contributed by atoms with Crippen LogP contribution in [0.4, 0.5) is 5.95 Å². The summed E-state index contributed by atoms with van der Waals surface area (Å²) >= 11 is 0. The van der Waals surface area contributed by atoms with E-state index in [1.54, 1.807) is 7.11 Å². The molecule has 2 aromatic heterocycles. The molecule has 2 N–H and O–H groups in total. The minimum absolute atomic E-state index is 0.406. The lowest BCUT2D eigenvalue weighted by Crippen LogP contribution is -2.10. The number of ether oxygens (including phenoxy) is 2. The number of hydrogen-bond acceptors (Lipinski definition) is 6. The largest absolute Gasteiger partial charge is 0.479 e. The van der Waals surface area contributed by atoms with E-state index < -0.39 is 0 Å². The highest BCUT2D eigenvalue weighted by molar-refractivity contribution is 5.78. The van der Waals surface area contributed by atoms with Gasteiger partial charge in [0.25, 0.3) is 0 Å². The van der Waals surface area contributed by atoms with E-state index in [9.17, 15) is 0 Å². The Morgan fingerprint density at radius 2 is 2.26 bits per heavy atom. The van der Waals surface area contributed by atoms with Crippen LogP contribution in [0, 0.1) is 5.92 Å². The number of nitrogens with two attached hydrogens (primary N) is 1.